The maximum absolute atomic E-state index is 8.98. The highest BCUT2D eigenvalue weighted by Gasteiger charge is 2.17. The first-order valence-electron chi connectivity index (χ1n) is 8.24. The van der Waals surface area contributed by atoms with Gasteiger partial charge in [0.05, 0.1) is 38.2 Å². The number of aromatic nitrogens is 3. The molecule has 148 valence electrons. The Morgan fingerprint density at radius 2 is 1.85 bits per heavy atom. The largest absolute Gasteiger partial charge is 0.396 e. The molecule has 2 aromatic heterocycles. The molecule has 0 atom stereocenters. The van der Waals surface area contributed by atoms with Crippen LogP contribution in [0.15, 0.2) is 11.7 Å². The van der Waals surface area contributed by atoms with Crippen molar-refractivity contribution in [1.29, 1.82) is 0 Å². The fourth-order valence-electron chi connectivity index (χ4n) is 2.07. The molecule has 2 heterocycles. The number of aliphatic hydroxyl groups excluding tert-OH is 2. The van der Waals surface area contributed by atoms with Gasteiger partial charge in [-0.25, -0.2) is 9.97 Å². The van der Waals surface area contributed by atoms with Crippen LogP contribution in [0, 0.1) is 13.8 Å². The Kier molecular flexibility index (Phi) is 10.8. The van der Waals surface area contributed by atoms with Crippen LogP contribution < -0.4 is 10.3 Å². The van der Waals surface area contributed by atoms with Crippen molar-refractivity contribution in [2.24, 2.45) is 0 Å². The fourth-order valence-corrected chi connectivity index (χ4v) is 3.05. The van der Waals surface area contributed by atoms with Gasteiger partial charge < -0.3 is 20.4 Å². The van der Waals surface area contributed by atoms with E-state index in [9.17, 15) is 0 Å². The first-order chi connectivity index (χ1) is 11.7. The number of nitrogens with two attached hydrogens (primary N) is 1. The summed E-state index contributed by atoms with van der Waals surface area (Å²) in [5.74, 6) is 1.22. The number of hydrogen-bond acceptors (Lipinski definition) is 6. The molecule has 2 aromatic rings. The van der Waals surface area contributed by atoms with Crippen molar-refractivity contribution in [2.45, 2.75) is 26.8 Å². The molecular weight excluding hydrogens is 374 g/mol. The summed E-state index contributed by atoms with van der Waals surface area (Å²) >= 11 is 1.65. The van der Waals surface area contributed by atoms with Crippen molar-refractivity contribution in [1.82, 2.24) is 9.97 Å². The molecule has 2 rings (SSSR count). The Morgan fingerprint density at radius 1 is 1.19 bits per heavy atom. The van der Waals surface area contributed by atoms with Gasteiger partial charge in [0.2, 0.25) is 5.51 Å². The van der Waals surface area contributed by atoms with Crippen molar-refractivity contribution in [3.05, 3.63) is 33.7 Å². The first-order valence-corrected chi connectivity index (χ1v) is 9.12. The standard InChI is InChI=1S/C12H17N4OS.C5H14NO.ClH/c1-8-11(3-4-17)18-7-16(8)6-10-5-14-9(2)15-12(10)13;1-6(2,3)4-5-7;/h5,7,17H,3-4,6H2,1-2H3,(H2,13,14,15);7H,4-5H2,1-3H3;1H/q2*+1;. The Labute approximate surface area is 166 Å². The molecule has 0 spiro atoms. The van der Waals surface area contributed by atoms with E-state index in [4.69, 9.17) is 15.9 Å². The maximum atomic E-state index is 8.98. The molecule has 26 heavy (non-hydrogen) atoms. The van der Waals surface area contributed by atoms with E-state index in [-0.39, 0.29) is 25.6 Å². The van der Waals surface area contributed by atoms with Gasteiger partial charge in [-0.15, -0.1) is 12.4 Å². The van der Waals surface area contributed by atoms with Crippen molar-refractivity contribution in [2.75, 3.05) is 46.6 Å². The Bertz CT molecular complexity index is 674. The summed E-state index contributed by atoms with van der Waals surface area (Å²) in [6.45, 7) is 5.83. The fraction of sp³-hybridized carbons (Fsp3) is 0.588. The highest BCUT2D eigenvalue weighted by Crippen LogP contribution is 2.13. The lowest BCUT2D eigenvalue weighted by Crippen LogP contribution is -2.36. The number of anilines is 1. The quantitative estimate of drug-likeness (QED) is 0.486. The molecule has 0 bridgehead atoms. The monoisotopic (exact) mass is 405 g/mol. The number of hydrogen-bond donors (Lipinski definition) is 3. The second kappa shape index (κ2) is 11.4. The summed E-state index contributed by atoms with van der Waals surface area (Å²) < 4.78 is 2.95. The van der Waals surface area contributed by atoms with Gasteiger partial charge >= 0.3 is 0 Å². The number of aryl methyl sites for hydroxylation is 1. The van der Waals surface area contributed by atoms with E-state index in [0.29, 0.717) is 24.6 Å². The molecule has 9 heteroatoms. The number of aliphatic hydroxyl groups is 2. The third-order valence-corrected chi connectivity index (χ3v) is 4.77. The van der Waals surface area contributed by atoms with E-state index in [2.05, 4.69) is 35.7 Å². The van der Waals surface area contributed by atoms with Crippen LogP contribution >= 0.6 is 23.7 Å². The highest BCUT2D eigenvalue weighted by atomic mass is 35.5. The molecule has 0 fully saturated rings. The third-order valence-electron chi connectivity index (χ3n) is 3.63. The molecule has 0 amide bonds. The second-order valence-electron chi connectivity index (χ2n) is 6.90. The molecule has 0 aliphatic heterocycles. The topological polar surface area (TPSA) is 96.1 Å². The zero-order chi connectivity index (χ0) is 19.0. The number of rotatable bonds is 6. The van der Waals surface area contributed by atoms with Gasteiger partial charge in [-0.1, -0.05) is 11.3 Å². The molecule has 0 aromatic carbocycles. The molecule has 0 saturated carbocycles. The van der Waals surface area contributed by atoms with Crippen molar-refractivity contribution < 1.29 is 19.3 Å². The summed E-state index contributed by atoms with van der Waals surface area (Å²) in [5, 5.41) is 17.4. The van der Waals surface area contributed by atoms with Gasteiger partial charge in [0, 0.05) is 26.1 Å². The number of nitrogen functional groups attached to an aromatic ring is 1. The molecule has 0 saturated heterocycles. The van der Waals surface area contributed by atoms with Crippen molar-refractivity contribution >= 4 is 29.6 Å². The summed E-state index contributed by atoms with van der Waals surface area (Å²) in [5.41, 5.74) is 10.0. The van der Waals surface area contributed by atoms with E-state index in [1.54, 1.807) is 17.5 Å². The Balaban J connectivity index is 0.000000673. The summed E-state index contributed by atoms with van der Waals surface area (Å²) in [6, 6.07) is 0. The van der Waals surface area contributed by atoms with Crippen LogP contribution in [0.4, 0.5) is 5.82 Å². The van der Waals surface area contributed by atoms with Gasteiger partial charge in [0.1, 0.15) is 18.2 Å². The molecular formula is C17H32ClN5O2S+2. The van der Waals surface area contributed by atoms with Crippen molar-refractivity contribution in [3.8, 4) is 0 Å². The highest BCUT2D eigenvalue weighted by molar-refractivity contribution is 7.09. The first kappa shape index (κ1) is 24.7. The van der Waals surface area contributed by atoms with Gasteiger partial charge in [-0.3, -0.25) is 0 Å². The van der Waals surface area contributed by atoms with Crippen LogP contribution in [-0.2, 0) is 13.0 Å². The zero-order valence-corrected chi connectivity index (χ0v) is 17.9. The van der Waals surface area contributed by atoms with Gasteiger partial charge in [0.25, 0.3) is 0 Å². The molecule has 7 nitrogen and oxygen atoms in total. The number of thiazole rings is 1. The lowest BCUT2D eigenvalue weighted by molar-refractivity contribution is -0.870. The Hall–Kier alpha value is -1.32. The maximum Gasteiger partial charge on any atom is 0.225 e. The minimum absolute atomic E-state index is 0. The van der Waals surface area contributed by atoms with Crippen LogP contribution in [-0.4, -0.2) is 65.6 Å². The van der Waals surface area contributed by atoms with E-state index in [0.717, 1.165) is 22.3 Å². The van der Waals surface area contributed by atoms with Crippen LogP contribution in [0.1, 0.15) is 22.0 Å². The lowest BCUT2D eigenvalue weighted by Gasteiger charge is -2.21. The van der Waals surface area contributed by atoms with E-state index in [1.807, 2.05) is 19.4 Å². The predicted molar refractivity (Wildman–Crippen MR) is 108 cm³/mol. The Morgan fingerprint density at radius 3 is 2.31 bits per heavy atom. The van der Waals surface area contributed by atoms with Gasteiger partial charge in [-0.2, -0.15) is 4.57 Å². The van der Waals surface area contributed by atoms with Crippen LogP contribution in [0.5, 0.6) is 0 Å². The normalized spacial score (nSPS) is 10.7. The number of quaternary nitrogens is 1. The minimum Gasteiger partial charge on any atom is -0.396 e. The summed E-state index contributed by atoms with van der Waals surface area (Å²) in [7, 11) is 6.16. The van der Waals surface area contributed by atoms with E-state index < -0.39 is 0 Å². The smallest absolute Gasteiger partial charge is 0.225 e. The van der Waals surface area contributed by atoms with E-state index >= 15 is 0 Å². The zero-order valence-electron chi connectivity index (χ0n) is 16.3. The third kappa shape index (κ3) is 8.37. The number of nitrogens with zero attached hydrogens (tertiary/aromatic N) is 4. The summed E-state index contributed by atoms with van der Waals surface area (Å²) in [6.07, 6.45) is 2.47. The minimum atomic E-state index is 0. The second-order valence-corrected chi connectivity index (χ2v) is 7.84. The van der Waals surface area contributed by atoms with E-state index in [1.165, 1.54) is 4.88 Å². The summed E-state index contributed by atoms with van der Waals surface area (Å²) in [4.78, 5) is 9.53. The van der Waals surface area contributed by atoms with Crippen LogP contribution in [0.25, 0.3) is 0 Å². The number of likely N-dealkylation sites (N-methyl/N-ethyl adjacent to an activating group) is 1. The molecule has 0 radical (unpaired) electrons. The predicted octanol–water partition coefficient (Wildman–Crippen LogP) is 0.714. The number of halogens is 1. The van der Waals surface area contributed by atoms with Crippen LogP contribution in [0.3, 0.4) is 0 Å². The van der Waals surface area contributed by atoms with Gasteiger partial charge in [-0.05, 0) is 6.92 Å². The molecule has 0 aliphatic rings. The molecule has 0 unspecified atom stereocenters. The molecule has 4 N–H and O–H groups in total. The lowest BCUT2D eigenvalue weighted by atomic mass is 10.2. The van der Waals surface area contributed by atoms with Gasteiger partial charge in [0.15, 0.2) is 12.2 Å². The average Bonchev–Trinajstić information content (AvgIpc) is 2.83. The average molecular weight is 406 g/mol. The van der Waals surface area contributed by atoms with Crippen molar-refractivity contribution in [3.63, 3.8) is 0 Å². The SMILES string of the molecule is C[N+](C)(C)CCO.Cc1ncc(C[n+]2csc(CCO)c2C)c(N)n1.Cl. The van der Waals surface area contributed by atoms with Crippen LogP contribution in [0.2, 0.25) is 0 Å². The molecule has 0 aliphatic carbocycles.